The van der Waals surface area contributed by atoms with Gasteiger partial charge in [0.25, 0.3) is 0 Å². The number of nitro groups is 1. The highest BCUT2D eigenvalue weighted by molar-refractivity contribution is 9.10. The van der Waals surface area contributed by atoms with Crippen molar-refractivity contribution >= 4 is 39.2 Å². The Balaban J connectivity index is 3.31. The molecule has 0 radical (unpaired) electrons. The molecule has 1 aromatic rings. The Morgan fingerprint density at radius 3 is 2.60 bits per heavy atom. The van der Waals surface area contributed by atoms with Crippen LogP contribution < -0.4 is 0 Å². The van der Waals surface area contributed by atoms with Crippen molar-refractivity contribution in [2.75, 3.05) is 7.11 Å². The second kappa shape index (κ2) is 4.59. The zero-order chi connectivity index (χ0) is 11.6. The van der Waals surface area contributed by atoms with E-state index < -0.39 is 10.9 Å². The lowest BCUT2D eigenvalue weighted by molar-refractivity contribution is -0.385. The van der Waals surface area contributed by atoms with Crippen molar-refractivity contribution in [1.29, 1.82) is 0 Å². The van der Waals surface area contributed by atoms with Gasteiger partial charge in [0.1, 0.15) is 5.02 Å². The molecule has 0 aliphatic carbocycles. The van der Waals surface area contributed by atoms with Crippen LogP contribution in [0.4, 0.5) is 5.69 Å². The number of methoxy groups -OCH3 is 1. The molecule has 0 aliphatic heterocycles. The summed E-state index contributed by atoms with van der Waals surface area (Å²) in [5.41, 5.74) is -0.121. The molecule has 0 unspecified atom stereocenters. The van der Waals surface area contributed by atoms with Crippen LogP contribution in [-0.4, -0.2) is 18.0 Å². The highest BCUT2D eigenvalue weighted by Crippen LogP contribution is 2.33. The highest BCUT2D eigenvalue weighted by atomic mass is 79.9. The molecule has 0 saturated heterocycles. The fourth-order valence-electron chi connectivity index (χ4n) is 0.976. The lowest BCUT2D eigenvalue weighted by atomic mass is 10.2. The Hall–Kier alpha value is -1.14. The van der Waals surface area contributed by atoms with Crippen LogP contribution in [0.3, 0.4) is 0 Å². The van der Waals surface area contributed by atoms with Gasteiger partial charge in [0.05, 0.1) is 22.1 Å². The molecule has 0 spiro atoms. The standard InChI is InChI=1S/C8H5BrClNO4/c1-15-8(12)4-2-5(9)7(11(13)14)6(10)3-4/h2-3H,1H3. The van der Waals surface area contributed by atoms with Gasteiger partial charge in [-0.1, -0.05) is 11.6 Å². The Labute approximate surface area is 98.3 Å². The molecule has 0 aromatic heterocycles. The van der Waals surface area contributed by atoms with Crippen LogP contribution in [0.5, 0.6) is 0 Å². The first kappa shape index (κ1) is 11.9. The first-order chi connectivity index (χ1) is 6.97. The number of hydrogen-bond donors (Lipinski definition) is 0. The van der Waals surface area contributed by atoms with Crippen molar-refractivity contribution in [2.24, 2.45) is 0 Å². The molecule has 1 rings (SSSR count). The fraction of sp³-hybridized carbons (Fsp3) is 0.125. The minimum Gasteiger partial charge on any atom is -0.465 e. The third-order valence-electron chi connectivity index (χ3n) is 1.62. The van der Waals surface area contributed by atoms with E-state index in [4.69, 9.17) is 11.6 Å². The van der Waals surface area contributed by atoms with Crippen LogP contribution >= 0.6 is 27.5 Å². The Morgan fingerprint density at radius 2 is 2.20 bits per heavy atom. The number of benzene rings is 1. The molecule has 5 nitrogen and oxygen atoms in total. The maximum Gasteiger partial charge on any atom is 0.337 e. The third kappa shape index (κ3) is 2.45. The molecule has 0 bridgehead atoms. The number of nitro benzene ring substituents is 1. The molecule has 0 amide bonds. The van der Waals surface area contributed by atoms with E-state index in [-0.39, 0.29) is 20.7 Å². The Morgan fingerprint density at radius 1 is 1.60 bits per heavy atom. The molecular weight excluding hydrogens is 289 g/mol. The van der Waals surface area contributed by atoms with E-state index in [9.17, 15) is 14.9 Å². The topological polar surface area (TPSA) is 69.4 Å². The van der Waals surface area contributed by atoms with Crippen molar-refractivity contribution in [3.05, 3.63) is 37.3 Å². The first-order valence-electron chi connectivity index (χ1n) is 3.69. The fourth-order valence-corrected chi connectivity index (χ4v) is 1.98. The molecule has 0 N–H and O–H groups in total. The molecule has 0 fully saturated rings. The van der Waals surface area contributed by atoms with Gasteiger partial charge in [-0.15, -0.1) is 0 Å². The van der Waals surface area contributed by atoms with Crippen molar-refractivity contribution in [3.63, 3.8) is 0 Å². The Kier molecular flexibility index (Phi) is 3.65. The minimum atomic E-state index is -0.631. The lowest BCUT2D eigenvalue weighted by Gasteiger charge is -2.02. The van der Waals surface area contributed by atoms with E-state index in [1.54, 1.807) is 0 Å². The largest absolute Gasteiger partial charge is 0.465 e. The van der Waals surface area contributed by atoms with Gasteiger partial charge in [0.15, 0.2) is 0 Å². The number of ether oxygens (including phenoxy) is 1. The van der Waals surface area contributed by atoms with Gasteiger partial charge in [-0.25, -0.2) is 4.79 Å². The maximum atomic E-state index is 11.1. The van der Waals surface area contributed by atoms with E-state index in [1.807, 2.05) is 0 Å². The number of carbonyl (C=O) groups excluding carboxylic acids is 1. The number of carbonyl (C=O) groups is 1. The predicted octanol–water partition coefficient (Wildman–Crippen LogP) is 2.80. The Bertz CT molecular complexity index is 412. The second-order valence-electron chi connectivity index (χ2n) is 2.54. The van der Waals surface area contributed by atoms with E-state index in [1.165, 1.54) is 19.2 Å². The highest BCUT2D eigenvalue weighted by Gasteiger charge is 2.20. The van der Waals surface area contributed by atoms with Crippen LogP contribution in [0.2, 0.25) is 5.02 Å². The summed E-state index contributed by atoms with van der Waals surface area (Å²) < 4.78 is 4.60. The zero-order valence-corrected chi connectivity index (χ0v) is 9.83. The normalized spacial score (nSPS) is 9.80. The van der Waals surface area contributed by atoms with Gasteiger partial charge in [0.2, 0.25) is 0 Å². The average molecular weight is 294 g/mol. The van der Waals surface area contributed by atoms with E-state index in [0.717, 1.165) is 0 Å². The quantitative estimate of drug-likeness (QED) is 0.478. The number of nitrogens with zero attached hydrogens (tertiary/aromatic N) is 1. The summed E-state index contributed by atoms with van der Waals surface area (Å²) in [5.74, 6) is -0.604. The van der Waals surface area contributed by atoms with E-state index in [0.29, 0.717) is 0 Å². The maximum absolute atomic E-state index is 11.1. The number of hydrogen-bond acceptors (Lipinski definition) is 4. The molecule has 0 saturated carbocycles. The van der Waals surface area contributed by atoms with Gasteiger partial charge in [-0.2, -0.15) is 0 Å². The van der Waals surface area contributed by atoms with Crippen molar-refractivity contribution < 1.29 is 14.5 Å². The molecule has 1 aromatic carbocycles. The zero-order valence-electron chi connectivity index (χ0n) is 7.49. The number of rotatable bonds is 2. The van der Waals surface area contributed by atoms with Crippen LogP contribution in [0.25, 0.3) is 0 Å². The smallest absolute Gasteiger partial charge is 0.337 e. The number of halogens is 2. The summed E-state index contributed by atoms with van der Waals surface area (Å²) in [6, 6.07) is 2.48. The molecule has 15 heavy (non-hydrogen) atoms. The summed E-state index contributed by atoms with van der Waals surface area (Å²) in [6.45, 7) is 0. The van der Waals surface area contributed by atoms with Gasteiger partial charge < -0.3 is 4.74 Å². The lowest BCUT2D eigenvalue weighted by Crippen LogP contribution is -2.02. The molecular formula is C8H5BrClNO4. The van der Waals surface area contributed by atoms with Crippen molar-refractivity contribution in [3.8, 4) is 0 Å². The van der Waals surface area contributed by atoms with Gasteiger partial charge in [-0.05, 0) is 28.1 Å². The minimum absolute atomic E-state index is 0.116. The first-order valence-corrected chi connectivity index (χ1v) is 4.86. The van der Waals surface area contributed by atoms with Gasteiger partial charge in [-0.3, -0.25) is 10.1 Å². The van der Waals surface area contributed by atoms with Crippen LogP contribution in [0, 0.1) is 10.1 Å². The number of esters is 1. The average Bonchev–Trinajstić information content (AvgIpc) is 2.14. The van der Waals surface area contributed by atoms with E-state index in [2.05, 4.69) is 20.7 Å². The van der Waals surface area contributed by atoms with Crippen LogP contribution in [0.1, 0.15) is 10.4 Å². The molecule has 7 heteroatoms. The van der Waals surface area contributed by atoms with E-state index >= 15 is 0 Å². The summed E-state index contributed by atoms with van der Waals surface area (Å²) in [4.78, 5) is 21.1. The summed E-state index contributed by atoms with van der Waals surface area (Å²) in [6.07, 6.45) is 0. The molecule has 0 aliphatic rings. The predicted molar refractivity (Wildman–Crippen MR) is 57.1 cm³/mol. The third-order valence-corrected chi connectivity index (χ3v) is 2.51. The van der Waals surface area contributed by atoms with Gasteiger partial charge in [0, 0.05) is 0 Å². The molecule has 0 heterocycles. The second-order valence-corrected chi connectivity index (χ2v) is 3.80. The summed E-state index contributed by atoms with van der Waals surface area (Å²) in [5, 5.41) is 10.5. The summed E-state index contributed by atoms with van der Waals surface area (Å²) in [7, 11) is 1.21. The SMILES string of the molecule is COC(=O)c1cc(Cl)c([N+](=O)[O-])c(Br)c1. The van der Waals surface area contributed by atoms with Crippen LogP contribution in [0.15, 0.2) is 16.6 Å². The monoisotopic (exact) mass is 293 g/mol. The molecule has 80 valence electrons. The summed E-state index contributed by atoms with van der Waals surface area (Å²) >= 11 is 8.61. The van der Waals surface area contributed by atoms with Crippen LogP contribution in [-0.2, 0) is 4.74 Å². The van der Waals surface area contributed by atoms with Crippen molar-refractivity contribution in [1.82, 2.24) is 0 Å². The molecule has 0 atom stereocenters. The van der Waals surface area contributed by atoms with Gasteiger partial charge >= 0.3 is 11.7 Å². The van der Waals surface area contributed by atoms with Crippen molar-refractivity contribution in [2.45, 2.75) is 0 Å².